The van der Waals surface area contributed by atoms with Crippen LogP contribution in [0.15, 0.2) is 24.3 Å². The first kappa shape index (κ1) is 12.6. The largest absolute Gasteiger partial charge is 0.493 e. The van der Waals surface area contributed by atoms with Gasteiger partial charge in [0.15, 0.2) is 0 Å². The molecule has 0 fully saturated rings. The van der Waals surface area contributed by atoms with Gasteiger partial charge in [0.25, 0.3) is 0 Å². The fraction of sp³-hybridized carbons (Fsp3) is 0.462. The second kappa shape index (κ2) is 6.88. The summed E-state index contributed by atoms with van der Waals surface area (Å²) in [5.41, 5.74) is 1.25. The molecule has 1 aromatic rings. The average molecular weight is 221 g/mol. The molecule has 16 heavy (non-hydrogen) atoms. The van der Waals surface area contributed by atoms with Crippen molar-refractivity contribution in [3.63, 3.8) is 0 Å². The Kier molecular flexibility index (Phi) is 5.40. The van der Waals surface area contributed by atoms with Crippen molar-refractivity contribution in [2.24, 2.45) is 0 Å². The summed E-state index contributed by atoms with van der Waals surface area (Å²) in [5.74, 6) is 0.873. The summed E-state index contributed by atoms with van der Waals surface area (Å²) in [5, 5.41) is 2.74. The maximum Gasteiger partial charge on any atom is 0.223 e. The van der Waals surface area contributed by atoms with Crippen molar-refractivity contribution < 1.29 is 9.53 Å². The Balaban J connectivity index is 2.34. The molecule has 0 bridgehead atoms. The number of carbonyl (C=O) groups is 1. The maximum absolute atomic E-state index is 11.2. The van der Waals surface area contributed by atoms with Crippen molar-refractivity contribution in [1.82, 2.24) is 5.32 Å². The van der Waals surface area contributed by atoms with Crippen LogP contribution in [0.4, 0.5) is 0 Å². The molecule has 88 valence electrons. The molecule has 1 rings (SSSR count). The van der Waals surface area contributed by atoms with E-state index in [1.54, 1.807) is 0 Å². The first-order valence-corrected chi connectivity index (χ1v) is 5.74. The Hall–Kier alpha value is -1.51. The molecule has 0 spiro atoms. The minimum absolute atomic E-state index is 0.0362. The molecule has 3 heteroatoms. The van der Waals surface area contributed by atoms with Crippen LogP contribution in [-0.4, -0.2) is 19.1 Å². The number of benzene rings is 1. The van der Waals surface area contributed by atoms with Crippen molar-refractivity contribution in [1.29, 1.82) is 0 Å². The lowest BCUT2D eigenvalue weighted by Crippen LogP contribution is -2.24. The number of ether oxygens (including phenoxy) is 1. The van der Waals surface area contributed by atoms with Gasteiger partial charge in [-0.2, -0.15) is 0 Å². The van der Waals surface area contributed by atoms with E-state index in [4.69, 9.17) is 4.74 Å². The highest BCUT2D eigenvalue weighted by atomic mass is 16.5. The molecule has 0 aromatic heterocycles. The third-order valence-electron chi connectivity index (χ3n) is 2.28. The Morgan fingerprint density at radius 3 is 2.88 bits per heavy atom. The van der Waals surface area contributed by atoms with E-state index >= 15 is 0 Å². The zero-order chi connectivity index (χ0) is 11.8. The van der Waals surface area contributed by atoms with E-state index in [1.807, 2.05) is 25.1 Å². The van der Waals surface area contributed by atoms with Crippen LogP contribution in [0.3, 0.4) is 0 Å². The van der Waals surface area contributed by atoms with E-state index in [0.717, 1.165) is 12.2 Å². The molecule has 3 nitrogen and oxygen atoms in total. The Labute approximate surface area is 96.8 Å². The zero-order valence-corrected chi connectivity index (χ0v) is 9.95. The predicted molar refractivity (Wildman–Crippen MR) is 64.6 cm³/mol. The molecule has 0 aliphatic carbocycles. The van der Waals surface area contributed by atoms with E-state index in [9.17, 15) is 4.79 Å². The summed E-state index contributed by atoms with van der Waals surface area (Å²) in [6, 6.07) is 7.96. The highest BCUT2D eigenvalue weighted by molar-refractivity contribution is 5.75. The standard InChI is InChI=1S/C13H19NO2/c1-3-11-6-5-7-12(10-11)16-9-8-13(15)14-4-2/h5-7,10H,3-4,8-9H2,1-2H3,(H,14,15). The minimum atomic E-state index is 0.0362. The topological polar surface area (TPSA) is 38.3 Å². The number of nitrogens with one attached hydrogen (secondary N) is 1. The van der Waals surface area contributed by atoms with Crippen LogP contribution in [0.5, 0.6) is 5.75 Å². The van der Waals surface area contributed by atoms with Gasteiger partial charge in [-0.05, 0) is 31.0 Å². The molecular weight excluding hydrogens is 202 g/mol. The third-order valence-corrected chi connectivity index (χ3v) is 2.28. The molecule has 1 aromatic carbocycles. The van der Waals surface area contributed by atoms with Gasteiger partial charge < -0.3 is 10.1 Å². The average Bonchev–Trinajstić information content (AvgIpc) is 2.30. The second-order valence-corrected chi connectivity index (χ2v) is 3.55. The molecule has 0 saturated carbocycles. The molecule has 0 heterocycles. The van der Waals surface area contributed by atoms with Gasteiger partial charge >= 0.3 is 0 Å². The van der Waals surface area contributed by atoms with E-state index in [2.05, 4.69) is 18.3 Å². The first-order chi connectivity index (χ1) is 7.76. The summed E-state index contributed by atoms with van der Waals surface area (Å²) in [7, 11) is 0. The minimum Gasteiger partial charge on any atom is -0.493 e. The van der Waals surface area contributed by atoms with Crippen LogP contribution in [0, 0.1) is 0 Å². The lowest BCUT2D eigenvalue weighted by atomic mass is 10.2. The van der Waals surface area contributed by atoms with Gasteiger partial charge in [0.2, 0.25) is 5.91 Å². The van der Waals surface area contributed by atoms with Crippen LogP contribution in [-0.2, 0) is 11.2 Å². The molecule has 0 aliphatic heterocycles. The smallest absolute Gasteiger partial charge is 0.223 e. The fourth-order valence-corrected chi connectivity index (χ4v) is 1.40. The third kappa shape index (κ3) is 4.34. The van der Waals surface area contributed by atoms with Crippen molar-refractivity contribution in [3.8, 4) is 5.75 Å². The Morgan fingerprint density at radius 2 is 2.19 bits per heavy atom. The van der Waals surface area contributed by atoms with E-state index < -0.39 is 0 Å². The zero-order valence-electron chi connectivity index (χ0n) is 9.95. The summed E-state index contributed by atoms with van der Waals surface area (Å²) in [6.07, 6.45) is 1.40. The van der Waals surface area contributed by atoms with Gasteiger partial charge in [-0.15, -0.1) is 0 Å². The summed E-state index contributed by atoms with van der Waals surface area (Å²) in [4.78, 5) is 11.2. The van der Waals surface area contributed by atoms with Gasteiger partial charge in [0, 0.05) is 6.54 Å². The number of carbonyl (C=O) groups excluding carboxylic acids is 1. The van der Waals surface area contributed by atoms with Crippen molar-refractivity contribution in [2.45, 2.75) is 26.7 Å². The number of rotatable bonds is 6. The molecule has 0 radical (unpaired) electrons. The number of hydrogen-bond acceptors (Lipinski definition) is 2. The monoisotopic (exact) mass is 221 g/mol. The molecule has 0 atom stereocenters. The summed E-state index contributed by atoms with van der Waals surface area (Å²) >= 11 is 0. The SMILES string of the molecule is CCNC(=O)CCOc1cccc(CC)c1. The van der Waals surface area contributed by atoms with Crippen LogP contribution in [0.2, 0.25) is 0 Å². The lowest BCUT2D eigenvalue weighted by molar-refractivity contribution is -0.121. The van der Waals surface area contributed by atoms with Crippen molar-refractivity contribution in [3.05, 3.63) is 29.8 Å². The van der Waals surface area contributed by atoms with Gasteiger partial charge in [-0.25, -0.2) is 0 Å². The highest BCUT2D eigenvalue weighted by Crippen LogP contribution is 2.13. The second-order valence-electron chi connectivity index (χ2n) is 3.55. The molecule has 0 unspecified atom stereocenters. The molecular formula is C13H19NO2. The fourth-order valence-electron chi connectivity index (χ4n) is 1.40. The van der Waals surface area contributed by atoms with Crippen LogP contribution < -0.4 is 10.1 Å². The first-order valence-electron chi connectivity index (χ1n) is 5.74. The number of aryl methyl sites for hydroxylation is 1. The van der Waals surface area contributed by atoms with E-state index in [1.165, 1.54) is 5.56 Å². The maximum atomic E-state index is 11.2. The number of hydrogen-bond donors (Lipinski definition) is 1. The number of amides is 1. The van der Waals surface area contributed by atoms with Crippen molar-refractivity contribution in [2.75, 3.05) is 13.2 Å². The lowest BCUT2D eigenvalue weighted by Gasteiger charge is -2.07. The highest BCUT2D eigenvalue weighted by Gasteiger charge is 2.00. The van der Waals surface area contributed by atoms with Gasteiger partial charge in [0.05, 0.1) is 13.0 Å². The van der Waals surface area contributed by atoms with Crippen molar-refractivity contribution >= 4 is 5.91 Å². The van der Waals surface area contributed by atoms with Gasteiger partial charge in [-0.1, -0.05) is 19.1 Å². The van der Waals surface area contributed by atoms with Gasteiger partial charge in [-0.3, -0.25) is 4.79 Å². The normalized spacial score (nSPS) is 9.88. The Morgan fingerprint density at radius 1 is 1.38 bits per heavy atom. The quantitative estimate of drug-likeness (QED) is 0.799. The Bertz CT molecular complexity index is 336. The summed E-state index contributed by atoms with van der Waals surface area (Å²) in [6.45, 7) is 5.11. The molecule has 0 aliphatic rings. The van der Waals surface area contributed by atoms with Crippen LogP contribution in [0.25, 0.3) is 0 Å². The predicted octanol–water partition coefficient (Wildman–Crippen LogP) is 2.15. The van der Waals surface area contributed by atoms with Crippen LogP contribution in [0.1, 0.15) is 25.8 Å². The molecule has 0 saturated heterocycles. The van der Waals surface area contributed by atoms with E-state index in [0.29, 0.717) is 19.6 Å². The van der Waals surface area contributed by atoms with Gasteiger partial charge in [0.1, 0.15) is 5.75 Å². The van der Waals surface area contributed by atoms with Crippen LogP contribution >= 0.6 is 0 Å². The molecule has 1 N–H and O–H groups in total. The summed E-state index contributed by atoms with van der Waals surface area (Å²) < 4.78 is 5.50. The van der Waals surface area contributed by atoms with E-state index in [-0.39, 0.29) is 5.91 Å². The molecule has 1 amide bonds.